The number of para-hydroxylation sites is 1. The van der Waals surface area contributed by atoms with Gasteiger partial charge >= 0.3 is 0 Å². The summed E-state index contributed by atoms with van der Waals surface area (Å²) < 4.78 is 13.8. The first-order valence-electron chi connectivity index (χ1n) is 9.35. The zero-order chi connectivity index (χ0) is 21.1. The highest BCUT2D eigenvalue weighted by molar-refractivity contribution is 7.19. The van der Waals surface area contributed by atoms with Crippen LogP contribution >= 0.6 is 34.5 Å². The summed E-state index contributed by atoms with van der Waals surface area (Å²) in [5.74, 6) is 2.46. The Labute approximate surface area is 189 Å². The van der Waals surface area contributed by atoms with E-state index >= 15 is 0 Å². The number of hydrogen-bond acceptors (Lipinski definition) is 6. The van der Waals surface area contributed by atoms with Crippen molar-refractivity contribution in [1.29, 1.82) is 0 Å². The van der Waals surface area contributed by atoms with Crippen LogP contribution in [0.4, 0.5) is 0 Å². The van der Waals surface area contributed by atoms with Crippen molar-refractivity contribution in [2.75, 3.05) is 0 Å². The van der Waals surface area contributed by atoms with E-state index in [4.69, 9.17) is 32.0 Å². The van der Waals surface area contributed by atoms with Crippen LogP contribution in [0, 0.1) is 6.92 Å². The number of aryl methyl sites for hydroxylation is 1. The van der Waals surface area contributed by atoms with E-state index in [-0.39, 0.29) is 0 Å². The van der Waals surface area contributed by atoms with E-state index in [2.05, 4.69) is 15.3 Å². The normalized spacial score (nSPS) is 11.7. The number of rotatable bonds is 3. The highest BCUT2D eigenvalue weighted by Crippen LogP contribution is 2.37. The van der Waals surface area contributed by atoms with Gasteiger partial charge < -0.3 is 8.83 Å². The van der Waals surface area contributed by atoms with Crippen molar-refractivity contribution in [3.63, 3.8) is 0 Å². The number of nitrogens with zero attached hydrogens (tertiary/aromatic N) is 4. The molecule has 6 rings (SSSR count). The van der Waals surface area contributed by atoms with Gasteiger partial charge in [0.1, 0.15) is 11.3 Å². The van der Waals surface area contributed by atoms with E-state index in [1.807, 2.05) is 49.4 Å². The molecule has 0 amide bonds. The molecule has 6 nitrogen and oxygen atoms in total. The van der Waals surface area contributed by atoms with Crippen LogP contribution < -0.4 is 0 Å². The molecule has 4 aromatic heterocycles. The fourth-order valence-corrected chi connectivity index (χ4v) is 4.84. The lowest BCUT2D eigenvalue weighted by molar-refractivity contribution is 0.595. The van der Waals surface area contributed by atoms with Gasteiger partial charge in [0, 0.05) is 21.5 Å². The molecule has 31 heavy (non-hydrogen) atoms. The summed E-state index contributed by atoms with van der Waals surface area (Å²) in [6.45, 7) is 2.00. The summed E-state index contributed by atoms with van der Waals surface area (Å²) in [5.41, 5.74) is 2.56. The second kappa shape index (κ2) is 6.95. The van der Waals surface area contributed by atoms with Gasteiger partial charge in [-0.05, 0) is 43.3 Å². The first-order valence-corrected chi connectivity index (χ1v) is 10.9. The van der Waals surface area contributed by atoms with Crippen LogP contribution in [0.25, 0.3) is 49.6 Å². The van der Waals surface area contributed by atoms with Crippen molar-refractivity contribution < 1.29 is 8.83 Å². The zero-order valence-corrected chi connectivity index (χ0v) is 18.3. The van der Waals surface area contributed by atoms with Gasteiger partial charge in [-0.25, -0.2) is 0 Å². The summed E-state index contributed by atoms with van der Waals surface area (Å²) in [5, 5.41) is 16.1. The molecule has 0 radical (unpaired) electrons. The molecular formula is C22H12Cl2N4O2S. The third-order valence-electron chi connectivity index (χ3n) is 5.05. The van der Waals surface area contributed by atoms with E-state index < -0.39 is 0 Å². The van der Waals surface area contributed by atoms with E-state index in [0.717, 1.165) is 22.1 Å². The molecular weight excluding hydrogens is 455 g/mol. The van der Waals surface area contributed by atoms with E-state index in [1.165, 1.54) is 11.3 Å². The molecule has 0 saturated carbocycles. The molecule has 0 N–H and O–H groups in total. The second-order valence-electron chi connectivity index (χ2n) is 6.97. The number of benzene rings is 2. The van der Waals surface area contributed by atoms with Crippen LogP contribution in [0.15, 0.2) is 63.4 Å². The molecule has 0 aliphatic carbocycles. The van der Waals surface area contributed by atoms with Crippen molar-refractivity contribution in [2.45, 2.75) is 6.92 Å². The molecule has 9 heteroatoms. The van der Waals surface area contributed by atoms with Crippen LogP contribution in [-0.4, -0.2) is 19.8 Å². The zero-order valence-electron chi connectivity index (χ0n) is 16.0. The summed E-state index contributed by atoms with van der Waals surface area (Å²) >= 11 is 13.7. The van der Waals surface area contributed by atoms with Gasteiger partial charge in [0.2, 0.25) is 10.8 Å². The average molecular weight is 467 g/mol. The molecule has 4 heterocycles. The molecule has 0 saturated heterocycles. The van der Waals surface area contributed by atoms with Gasteiger partial charge in [0.05, 0.1) is 5.02 Å². The minimum absolute atomic E-state index is 0.522. The highest BCUT2D eigenvalue weighted by Gasteiger charge is 2.22. The third kappa shape index (κ3) is 2.96. The van der Waals surface area contributed by atoms with Crippen LogP contribution in [0.2, 0.25) is 10.0 Å². The maximum absolute atomic E-state index is 6.31. The van der Waals surface area contributed by atoms with Gasteiger partial charge in [0.15, 0.2) is 16.5 Å². The number of hydrogen-bond donors (Lipinski definition) is 0. The van der Waals surface area contributed by atoms with Gasteiger partial charge in [-0.2, -0.15) is 4.52 Å². The maximum Gasteiger partial charge on any atom is 0.235 e. The van der Waals surface area contributed by atoms with Crippen LogP contribution in [0.3, 0.4) is 0 Å². The lowest BCUT2D eigenvalue weighted by Gasteiger charge is -2.00. The summed E-state index contributed by atoms with van der Waals surface area (Å²) in [4.78, 5) is 0.646. The Morgan fingerprint density at radius 1 is 0.935 bits per heavy atom. The molecule has 0 spiro atoms. The van der Waals surface area contributed by atoms with Gasteiger partial charge in [-0.15, -0.1) is 15.3 Å². The Hall–Kier alpha value is -3.13. The highest BCUT2D eigenvalue weighted by atomic mass is 35.5. The van der Waals surface area contributed by atoms with Crippen molar-refractivity contribution in [2.24, 2.45) is 0 Å². The summed E-state index contributed by atoms with van der Waals surface area (Å²) in [7, 11) is 0. The van der Waals surface area contributed by atoms with Crippen LogP contribution in [0.5, 0.6) is 0 Å². The average Bonchev–Trinajstić information content (AvgIpc) is 3.51. The van der Waals surface area contributed by atoms with Gasteiger partial charge in [-0.1, -0.05) is 52.7 Å². The Bertz CT molecular complexity index is 1590. The second-order valence-corrected chi connectivity index (χ2v) is 8.77. The Morgan fingerprint density at radius 3 is 2.61 bits per heavy atom. The van der Waals surface area contributed by atoms with Crippen LogP contribution in [0.1, 0.15) is 5.56 Å². The van der Waals surface area contributed by atoms with Gasteiger partial charge in [0.25, 0.3) is 0 Å². The van der Waals surface area contributed by atoms with Crippen molar-refractivity contribution in [3.8, 4) is 33.7 Å². The van der Waals surface area contributed by atoms with Crippen molar-refractivity contribution in [3.05, 3.63) is 70.2 Å². The Balaban J connectivity index is 1.43. The van der Waals surface area contributed by atoms with Crippen LogP contribution in [-0.2, 0) is 0 Å². The monoisotopic (exact) mass is 466 g/mol. The molecule has 6 aromatic rings. The number of furan rings is 2. The molecule has 0 unspecified atom stereocenters. The van der Waals surface area contributed by atoms with E-state index in [0.29, 0.717) is 43.1 Å². The predicted molar refractivity (Wildman–Crippen MR) is 122 cm³/mol. The molecule has 0 aliphatic heterocycles. The smallest absolute Gasteiger partial charge is 0.235 e. The largest absolute Gasteiger partial charge is 0.453 e. The summed E-state index contributed by atoms with van der Waals surface area (Å²) in [6.07, 6.45) is 0. The number of aromatic nitrogens is 4. The SMILES string of the molecule is Cc1c(-c2nnc3sc(-c4ccc(-c5ccc(Cl)cc5Cl)o4)nn23)oc2ccccc12. The molecule has 0 bridgehead atoms. The quantitative estimate of drug-likeness (QED) is 0.277. The molecule has 0 fully saturated rings. The first kappa shape index (κ1) is 18.6. The fourth-order valence-electron chi connectivity index (χ4n) is 3.53. The van der Waals surface area contributed by atoms with Gasteiger partial charge in [-0.3, -0.25) is 0 Å². The summed E-state index contributed by atoms with van der Waals surface area (Å²) in [6, 6.07) is 16.9. The van der Waals surface area contributed by atoms with E-state index in [9.17, 15) is 0 Å². The molecule has 0 atom stereocenters. The number of halogens is 2. The lowest BCUT2D eigenvalue weighted by Crippen LogP contribution is -1.90. The number of fused-ring (bicyclic) bond motifs is 2. The minimum atomic E-state index is 0.522. The predicted octanol–water partition coefficient (Wildman–Crippen LogP) is 7.14. The molecule has 0 aliphatic rings. The first-order chi connectivity index (χ1) is 15.1. The van der Waals surface area contributed by atoms with Crippen molar-refractivity contribution in [1.82, 2.24) is 19.8 Å². The fraction of sp³-hybridized carbons (Fsp3) is 0.0455. The Kier molecular flexibility index (Phi) is 4.17. The van der Waals surface area contributed by atoms with E-state index in [1.54, 1.807) is 16.6 Å². The standard InChI is InChI=1S/C22H12Cl2N4O2S/c1-11-13-4-2-3-5-16(13)30-19(11)20-25-26-22-28(20)27-21(31-22)18-9-8-17(29-18)14-7-6-12(23)10-15(14)24/h2-10H,1H3. The Morgan fingerprint density at radius 2 is 1.77 bits per heavy atom. The third-order valence-corrected chi connectivity index (χ3v) is 6.51. The topological polar surface area (TPSA) is 69.4 Å². The minimum Gasteiger partial charge on any atom is -0.453 e. The molecule has 2 aromatic carbocycles. The van der Waals surface area contributed by atoms with Crippen molar-refractivity contribution >= 4 is 50.5 Å². The molecule has 152 valence electrons. The lowest BCUT2D eigenvalue weighted by atomic mass is 10.1. The maximum atomic E-state index is 6.31.